The van der Waals surface area contributed by atoms with Crippen molar-refractivity contribution in [3.8, 4) is 23.0 Å². The standard InChI is InChI=1S/C24H19F4N3O4S/c1-13-17(29-10-20(32-2)21(13)33-11-14-6-4-3-5-7-14)12-36-22-30-15-8-18-19(9-16(15)31-22)35-24(27,28)23(25,26)34-18/h3-10H,11-12H2,1-2H3,(H,30,31). The number of pyridine rings is 1. The predicted octanol–water partition coefficient (Wildman–Crippen LogP) is 6.10. The first-order chi connectivity index (χ1) is 17.2. The first-order valence-electron chi connectivity index (χ1n) is 10.7. The number of ether oxygens (including phenoxy) is 4. The third kappa shape index (κ3) is 4.48. The van der Waals surface area contributed by atoms with Crippen LogP contribution in [0.1, 0.15) is 16.8 Å². The number of methoxy groups -OCH3 is 1. The highest BCUT2D eigenvalue weighted by Gasteiger charge is 2.66. The minimum atomic E-state index is -4.79. The summed E-state index contributed by atoms with van der Waals surface area (Å²) in [5, 5.41) is 0.426. The molecule has 7 nitrogen and oxygen atoms in total. The zero-order chi connectivity index (χ0) is 25.5. The maximum absolute atomic E-state index is 13.5. The second-order valence-corrected chi connectivity index (χ2v) is 8.85. The number of imidazole rings is 1. The Balaban J connectivity index is 1.35. The minimum absolute atomic E-state index is 0.257. The zero-order valence-corrected chi connectivity index (χ0v) is 19.8. The molecule has 0 aliphatic carbocycles. The van der Waals surface area contributed by atoms with Crippen LogP contribution in [0.4, 0.5) is 17.6 Å². The molecule has 0 fully saturated rings. The quantitative estimate of drug-likeness (QED) is 0.233. The van der Waals surface area contributed by atoms with E-state index in [1.165, 1.54) is 18.9 Å². The molecule has 1 aliphatic rings. The van der Waals surface area contributed by atoms with Crippen molar-refractivity contribution in [2.24, 2.45) is 0 Å². The number of nitrogens with one attached hydrogen (secondary N) is 1. The van der Waals surface area contributed by atoms with Gasteiger partial charge in [0.2, 0.25) is 0 Å². The van der Waals surface area contributed by atoms with Gasteiger partial charge in [0.05, 0.1) is 30.0 Å². The molecular weight excluding hydrogens is 502 g/mol. The number of nitrogens with zero attached hydrogens (tertiary/aromatic N) is 2. The molecule has 12 heteroatoms. The van der Waals surface area contributed by atoms with Gasteiger partial charge in [-0.1, -0.05) is 42.1 Å². The maximum atomic E-state index is 13.5. The van der Waals surface area contributed by atoms with Crippen molar-refractivity contribution in [1.29, 1.82) is 0 Å². The molecule has 2 aromatic heterocycles. The van der Waals surface area contributed by atoms with E-state index >= 15 is 0 Å². The van der Waals surface area contributed by atoms with Crippen molar-refractivity contribution in [1.82, 2.24) is 15.0 Å². The van der Waals surface area contributed by atoms with Crippen molar-refractivity contribution in [3.63, 3.8) is 0 Å². The van der Waals surface area contributed by atoms with Gasteiger partial charge in [-0.15, -0.1) is 0 Å². The predicted molar refractivity (Wildman–Crippen MR) is 123 cm³/mol. The van der Waals surface area contributed by atoms with Gasteiger partial charge in [-0.25, -0.2) is 4.98 Å². The van der Waals surface area contributed by atoms with Crippen molar-refractivity contribution in [3.05, 3.63) is 65.5 Å². The normalized spacial score (nSPS) is 15.6. The first kappa shape index (κ1) is 24.0. The fourth-order valence-electron chi connectivity index (χ4n) is 3.56. The van der Waals surface area contributed by atoms with Crippen LogP contribution >= 0.6 is 11.8 Å². The molecular formula is C24H19F4N3O4S. The molecule has 0 spiro atoms. The van der Waals surface area contributed by atoms with Crippen molar-refractivity contribution in [2.45, 2.75) is 36.7 Å². The number of benzene rings is 2. The van der Waals surface area contributed by atoms with Crippen LogP contribution in [-0.2, 0) is 12.4 Å². The van der Waals surface area contributed by atoms with Gasteiger partial charge in [0.1, 0.15) is 6.61 Å². The Morgan fingerprint density at radius 1 is 1.03 bits per heavy atom. The molecule has 0 amide bonds. The van der Waals surface area contributed by atoms with E-state index in [0.29, 0.717) is 34.5 Å². The second kappa shape index (κ2) is 9.08. The van der Waals surface area contributed by atoms with E-state index in [1.807, 2.05) is 37.3 Å². The smallest absolute Gasteiger partial charge is 0.491 e. The molecule has 0 atom stereocenters. The Kier molecular flexibility index (Phi) is 6.07. The lowest BCUT2D eigenvalue weighted by Gasteiger charge is -2.31. The topological polar surface area (TPSA) is 78.5 Å². The number of halogens is 4. The molecule has 5 rings (SSSR count). The third-order valence-electron chi connectivity index (χ3n) is 5.47. The zero-order valence-electron chi connectivity index (χ0n) is 19.0. The van der Waals surface area contributed by atoms with E-state index in [4.69, 9.17) is 9.47 Å². The minimum Gasteiger partial charge on any atom is -0.491 e. The highest BCUT2D eigenvalue weighted by Crippen LogP contribution is 2.48. The number of aromatic amines is 1. The van der Waals surface area contributed by atoms with E-state index in [0.717, 1.165) is 29.0 Å². The van der Waals surface area contributed by atoms with Crippen LogP contribution in [-0.4, -0.2) is 34.3 Å². The first-order valence-corrected chi connectivity index (χ1v) is 11.6. The van der Waals surface area contributed by atoms with Crippen LogP contribution in [0.15, 0.2) is 53.8 Å². The largest absolute Gasteiger partial charge is 0.507 e. The van der Waals surface area contributed by atoms with Crippen molar-refractivity contribution >= 4 is 22.8 Å². The number of H-pyrrole nitrogens is 1. The van der Waals surface area contributed by atoms with Crippen molar-refractivity contribution in [2.75, 3.05) is 7.11 Å². The Bertz CT molecular complexity index is 1360. The van der Waals surface area contributed by atoms with E-state index in [-0.39, 0.29) is 5.52 Å². The Hall–Kier alpha value is -3.67. The molecule has 1 aliphatic heterocycles. The van der Waals surface area contributed by atoms with E-state index in [9.17, 15) is 17.6 Å². The Morgan fingerprint density at radius 2 is 1.72 bits per heavy atom. The van der Waals surface area contributed by atoms with Gasteiger partial charge in [0.15, 0.2) is 28.2 Å². The van der Waals surface area contributed by atoms with Gasteiger partial charge in [-0.2, -0.15) is 17.6 Å². The number of fused-ring (bicyclic) bond motifs is 2. The SMILES string of the molecule is COc1cnc(CSc2nc3cc4c(cc3[nH]2)OC(F)(F)C(F)(F)O4)c(C)c1OCc1ccccc1. The molecule has 0 saturated carbocycles. The molecule has 2 aromatic carbocycles. The summed E-state index contributed by atoms with van der Waals surface area (Å²) in [7, 11) is 1.54. The summed E-state index contributed by atoms with van der Waals surface area (Å²) in [5.74, 6) is 0.432. The number of rotatable bonds is 7. The Labute approximate surface area is 206 Å². The molecule has 4 aromatic rings. The van der Waals surface area contributed by atoms with E-state index in [2.05, 4.69) is 24.4 Å². The molecule has 0 unspecified atom stereocenters. The lowest BCUT2D eigenvalue weighted by atomic mass is 10.2. The van der Waals surface area contributed by atoms with Crippen LogP contribution in [0.3, 0.4) is 0 Å². The fraction of sp³-hybridized carbons (Fsp3) is 0.250. The summed E-state index contributed by atoms with van der Waals surface area (Å²) < 4.78 is 73.8. The molecule has 0 saturated heterocycles. The monoisotopic (exact) mass is 521 g/mol. The summed E-state index contributed by atoms with van der Waals surface area (Å²) in [6.45, 7) is 2.22. The molecule has 0 bridgehead atoms. The van der Waals surface area contributed by atoms with Crippen LogP contribution in [0, 0.1) is 6.92 Å². The van der Waals surface area contributed by atoms with Crippen LogP contribution in [0.2, 0.25) is 0 Å². The van der Waals surface area contributed by atoms with Gasteiger partial charge in [-0.3, -0.25) is 4.98 Å². The van der Waals surface area contributed by atoms with Gasteiger partial charge in [0.25, 0.3) is 0 Å². The van der Waals surface area contributed by atoms with Crippen LogP contribution < -0.4 is 18.9 Å². The van der Waals surface area contributed by atoms with Gasteiger partial charge < -0.3 is 23.9 Å². The number of hydrogen-bond donors (Lipinski definition) is 1. The summed E-state index contributed by atoms with van der Waals surface area (Å²) in [4.78, 5) is 11.8. The van der Waals surface area contributed by atoms with Crippen LogP contribution in [0.25, 0.3) is 11.0 Å². The number of alkyl halides is 4. The highest BCUT2D eigenvalue weighted by molar-refractivity contribution is 7.98. The third-order valence-corrected chi connectivity index (χ3v) is 6.35. The number of thioether (sulfide) groups is 1. The van der Waals surface area contributed by atoms with Gasteiger partial charge in [0, 0.05) is 23.4 Å². The van der Waals surface area contributed by atoms with Crippen LogP contribution in [0.5, 0.6) is 23.0 Å². The van der Waals surface area contributed by atoms with Gasteiger partial charge in [-0.05, 0) is 12.5 Å². The number of hydrogen-bond acceptors (Lipinski definition) is 7. The summed E-state index contributed by atoms with van der Waals surface area (Å²) in [5.41, 5.74) is 3.09. The lowest BCUT2D eigenvalue weighted by Crippen LogP contribution is -2.52. The average Bonchev–Trinajstić information content (AvgIpc) is 3.23. The van der Waals surface area contributed by atoms with Crippen molar-refractivity contribution < 1.29 is 36.5 Å². The molecule has 36 heavy (non-hydrogen) atoms. The molecule has 188 valence electrons. The molecule has 3 heterocycles. The van der Waals surface area contributed by atoms with Gasteiger partial charge >= 0.3 is 12.2 Å². The Morgan fingerprint density at radius 3 is 2.42 bits per heavy atom. The van der Waals surface area contributed by atoms with E-state index in [1.54, 1.807) is 6.20 Å². The van der Waals surface area contributed by atoms with E-state index < -0.39 is 23.7 Å². The number of aromatic nitrogens is 3. The second-order valence-electron chi connectivity index (χ2n) is 7.89. The lowest BCUT2D eigenvalue weighted by molar-refractivity contribution is -0.391. The highest BCUT2D eigenvalue weighted by atomic mass is 32.2. The summed E-state index contributed by atoms with van der Waals surface area (Å²) >= 11 is 1.29. The molecule has 0 radical (unpaired) electrons. The molecule has 1 N–H and O–H groups in total. The maximum Gasteiger partial charge on any atom is 0.507 e. The fourth-order valence-corrected chi connectivity index (χ4v) is 4.47. The summed E-state index contributed by atoms with van der Waals surface area (Å²) in [6.07, 6.45) is -8.01. The summed E-state index contributed by atoms with van der Waals surface area (Å²) in [6, 6.07) is 12.0. The average molecular weight is 521 g/mol.